The zero-order valence-electron chi connectivity index (χ0n) is 17.7. The van der Waals surface area contributed by atoms with E-state index in [0.29, 0.717) is 11.8 Å². The molecule has 0 unspecified atom stereocenters. The van der Waals surface area contributed by atoms with Gasteiger partial charge in [0.05, 0.1) is 5.41 Å². The van der Waals surface area contributed by atoms with E-state index in [0.717, 1.165) is 24.2 Å². The van der Waals surface area contributed by atoms with Crippen LogP contribution in [0.1, 0.15) is 93.4 Å². The number of rotatable bonds is 6. The number of ether oxygens (including phenoxy) is 1. The average Bonchev–Trinajstić information content (AvgIpc) is 2.49. The molecule has 0 aromatic rings. The molecule has 4 bridgehead atoms. The lowest BCUT2D eigenvalue weighted by molar-refractivity contribution is -0.244. The van der Waals surface area contributed by atoms with Crippen molar-refractivity contribution in [2.24, 2.45) is 40.4 Å². The third-order valence-electron chi connectivity index (χ3n) is 8.28. The Kier molecular flexibility index (Phi) is 4.83. The molecule has 25 heavy (non-hydrogen) atoms. The van der Waals surface area contributed by atoms with Crippen LogP contribution in [0.5, 0.6) is 0 Å². The Morgan fingerprint density at radius 1 is 0.960 bits per heavy atom. The number of hydrogen-bond acceptors (Lipinski definition) is 2. The molecule has 4 aliphatic carbocycles. The number of carbonyl (C=O) groups excluding carboxylic acids is 1. The van der Waals surface area contributed by atoms with E-state index in [-0.39, 0.29) is 17.0 Å². The maximum absolute atomic E-state index is 13.2. The molecule has 0 atom stereocenters. The summed E-state index contributed by atoms with van der Waals surface area (Å²) in [5, 5.41) is 0. The van der Waals surface area contributed by atoms with Crippen LogP contribution >= 0.6 is 0 Å². The Morgan fingerprint density at radius 2 is 1.36 bits per heavy atom. The van der Waals surface area contributed by atoms with E-state index in [9.17, 15) is 4.79 Å². The minimum Gasteiger partial charge on any atom is -0.458 e. The highest BCUT2D eigenvalue weighted by Gasteiger charge is 2.64. The van der Waals surface area contributed by atoms with Crippen molar-refractivity contribution in [2.45, 2.75) is 99.0 Å². The van der Waals surface area contributed by atoms with Crippen LogP contribution in [-0.4, -0.2) is 11.6 Å². The minimum atomic E-state index is -0.392. The average molecular weight is 349 g/mol. The topological polar surface area (TPSA) is 26.3 Å². The van der Waals surface area contributed by atoms with Gasteiger partial charge in [0.1, 0.15) is 5.60 Å². The molecular weight excluding hydrogens is 308 g/mol. The van der Waals surface area contributed by atoms with Crippen molar-refractivity contribution in [3.05, 3.63) is 0 Å². The standard InChI is InChI=1S/C23H40O2/c1-8-21(6,7)20(24)25-23(15(2)3,16(4)5)22-12-17-9-18(13-22)11-19(10-17)14-22/h15-19H,8-14H2,1-7H3. The van der Waals surface area contributed by atoms with Gasteiger partial charge in [-0.25, -0.2) is 0 Å². The normalized spacial score (nSPS) is 34.8. The second kappa shape index (κ2) is 6.27. The predicted octanol–water partition coefficient (Wildman–Crippen LogP) is 6.23. The van der Waals surface area contributed by atoms with Crippen molar-refractivity contribution >= 4 is 5.97 Å². The van der Waals surface area contributed by atoms with E-state index < -0.39 is 5.41 Å². The van der Waals surface area contributed by atoms with Crippen LogP contribution in [0, 0.1) is 40.4 Å². The molecule has 2 nitrogen and oxygen atoms in total. The molecule has 144 valence electrons. The van der Waals surface area contributed by atoms with Gasteiger partial charge >= 0.3 is 5.97 Å². The molecule has 4 rings (SSSR count). The van der Waals surface area contributed by atoms with Crippen LogP contribution < -0.4 is 0 Å². The summed E-state index contributed by atoms with van der Waals surface area (Å²) >= 11 is 0. The van der Waals surface area contributed by atoms with Crippen LogP contribution in [-0.2, 0) is 9.53 Å². The highest BCUT2D eigenvalue weighted by molar-refractivity contribution is 5.76. The van der Waals surface area contributed by atoms with Gasteiger partial charge in [-0.15, -0.1) is 0 Å². The maximum atomic E-state index is 13.2. The monoisotopic (exact) mass is 348 g/mol. The van der Waals surface area contributed by atoms with Crippen molar-refractivity contribution in [3.63, 3.8) is 0 Å². The van der Waals surface area contributed by atoms with Crippen LogP contribution in [0.3, 0.4) is 0 Å². The van der Waals surface area contributed by atoms with Gasteiger partial charge in [0, 0.05) is 5.41 Å². The van der Waals surface area contributed by atoms with E-state index >= 15 is 0 Å². The fourth-order valence-corrected chi connectivity index (χ4v) is 7.26. The molecule has 0 amide bonds. The molecule has 0 N–H and O–H groups in total. The third-order valence-corrected chi connectivity index (χ3v) is 8.28. The van der Waals surface area contributed by atoms with Crippen molar-refractivity contribution < 1.29 is 9.53 Å². The van der Waals surface area contributed by atoms with Gasteiger partial charge < -0.3 is 4.74 Å². The molecule has 0 saturated heterocycles. The molecule has 4 aliphatic rings. The molecule has 0 aliphatic heterocycles. The van der Waals surface area contributed by atoms with Crippen molar-refractivity contribution in [1.82, 2.24) is 0 Å². The number of esters is 1. The zero-order chi connectivity index (χ0) is 18.6. The largest absolute Gasteiger partial charge is 0.458 e. The molecule has 2 heteroatoms. The van der Waals surface area contributed by atoms with E-state index in [1.807, 2.05) is 13.8 Å². The van der Waals surface area contributed by atoms with Gasteiger partial charge in [-0.05, 0) is 88.4 Å². The second-order valence-electron chi connectivity index (χ2n) is 10.9. The van der Waals surface area contributed by atoms with Gasteiger partial charge in [0.25, 0.3) is 0 Å². The summed E-state index contributed by atoms with van der Waals surface area (Å²) < 4.78 is 6.66. The Hall–Kier alpha value is -0.530. The number of hydrogen-bond donors (Lipinski definition) is 0. The summed E-state index contributed by atoms with van der Waals surface area (Å²) in [6, 6.07) is 0. The fraction of sp³-hybridized carbons (Fsp3) is 0.957. The summed E-state index contributed by atoms with van der Waals surface area (Å²) in [4.78, 5) is 13.2. The third kappa shape index (κ3) is 2.86. The quantitative estimate of drug-likeness (QED) is 0.532. The van der Waals surface area contributed by atoms with Crippen LogP contribution in [0.4, 0.5) is 0 Å². The first-order valence-electron chi connectivity index (χ1n) is 10.8. The molecule has 4 saturated carbocycles. The highest BCUT2D eigenvalue weighted by atomic mass is 16.6. The maximum Gasteiger partial charge on any atom is 0.312 e. The predicted molar refractivity (Wildman–Crippen MR) is 103 cm³/mol. The molecule has 0 radical (unpaired) electrons. The first kappa shape index (κ1) is 19.2. The fourth-order valence-electron chi connectivity index (χ4n) is 7.26. The molecule has 0 aromatic heterocycles. The lowest BCUT2D eigenvalue weighted by Crippen LogP contribution is -2.65. The second-order valence-corrected chi connectivity index (χ2v) is 10.9. The van der Waals surface area contributed by atoms with Gasteiger partial charge in [-0.3, -0.25) is 4.79 Å². The van der Waals surface area contributed by atoms with Crippen LogP contribution in [0.2, 0.25) is 0 Å². The van der Waals surface area contributed by atoms with E-state index in [1.165, 1.54) is 38.5 Å². The Morgan fingerprint density at radius 3 is 1.68 bits per heavy atom. The first-order chi connectivity index (χ1) is 11.6. The molecule has 4 fully saturated rings. The Balaban J connectivity index is 2.02. The zero-order valence-corrected chi connectivity index (χ0v) is 17.7. The van der Waals surface area contributed by atoms with Gasteiger partial charge in [0.2, 0.25) is 0 Å². The summed E-state index contributed by atoms with van der Waals surface area (Å²) in [7, 11) is 0. The SMILES string of the molecule is CCC(C)(C)C(=O)OC(C(C)C)(C(C)C)C12CC3CC(CC(C3)C1)C2. The van der Waals surface area contributed by atoms with Crippen LogP contribution in [0.25, 0.3) is 0 Å². The molecule has 0 aromatic carbocycles. The molecule has 0 spiro atoms. The lowest BCUT2D eigenvalue weighted by Gasteiger charge is -2.65. The molecule has 0 heterocycles. The first-order valence-corrected chi connectivity index (χ1v) is 10.8. The number of carbonyl (C=O) groups is 1. The Bertz CT molecular complexity index is 471. The summed E-state index contributed by atoms with van der Waals surface area (Å²) in [6.07, 6.45) is 8.98. The lowest BCUT2D eigenvalue weighted by atomic mass is 9.42. The summed E-state index contributed by atoms with van der Waals surface area (Å²) in [5.74, 6) is 3.37. The van der Waals surface area contributed by atoms with Crippen molar-refractivity contribution in [3.8, 4) is 0 Å². The smallest absolute Gasteiger partial charge is 0.312 e. The Labute approximate surface area is 155 Å². The van der Waals surface area contributed by atoms with Crippen LogP contribution in [0.15, 0.2) is 0 Å². The van der Waals surface area contributed by atoms with E-state index in [1.54, 1.807) is 0 Å². The van der Waals surface area contributed by atoms with Crippen molar-refractivity contribution in [2.75, 3.05) is 0 Å². The highest BCUT2D eigenvalue weighted by Crippen LogP contribution is 2.67. The van der Waals surface area contributed by atoms with E-state index in [2.05, 4.69) is 34.6 Å². The minimum absolute atomic E-state index is 0.0214. The van der Waals surface area contributed by atoms with Gasteiger partial charge in [0.15, 0.2) is 0 Å². The van der Waals surface area contributed by atoms with Gasteiger partial charge in [-0.1, -0.05) is 34.6 Å². The summed E-state index contributed by atoms with van der Waals surface area (Å²) in [5.41, 5.74) is -0.493. The summed E-state index contributed by atoms with van der Waals surface area (Å²) in [6.45, 7) is 15.4. The van der Waals surface area contributed by atoms with Crippen molar-refractivity contribution in [1.29, 1.82) is 0 Å². The molecular formula is C23H40O2. The van der Waals surface area contributed by atoms with E-state index in [4.69, 9.17) is 4.74 Å². The van der Waals surface area contributed by atoms with Gasteiger partial charge in [-0.2, -0.15) is 0 Å².